The van der Waals surface area contributed by atoms with Crippen LogP contribution in [0.4, 0.5) is 5.69 Å². The predicted octanol–water partition coefficient (Wildman–Crippen LogP) is 5.46. The highest BCUT2D eigenvalue weighted by Crippen LogP contribution is 2.24. The quantitative estimate of drug-likeness (QED) is 0.361. The maximum absolute atomic E-state index is 13.0. The van der Waals surface area contributed by atoms with Crippen molar-refractivity contribution in [2.45, 2.75) is 39.0 Å². The Kier molecular flexibility index (Phi) is 10.3. The van der Waals surface area contributed by atoms with Crippen molar-refractivity contribution in [1.29, 1.82) is 0 Å². The first-order valence-corrected chi connectivity index (χ1v) is 14.3. The van der Waals surface area contributed by atoms with Crippen molar-refractivity contribution in [2.24, 2.45) is 0 Å². The van der Waals surface area contributed by atoms with E-state index in [1.807, 2.05) is 0 Å². The third-order valence-corrected chi connectivity index (χ3v) is 7.77. The number of benzene rings is 3. The van der Waals surface area contributed by atoms with E-state index in [1.165, 1.54) is 22.3 Å². The molecule has 3 aromatic rings. The molecule has 0 unspecified atom stereocenters. The van der Waals surface area contributed by atoms with Gasteiger partial charge in [-0.05, 0) is 53.7 Å². The first-order valence-electron chi connectivity index (χ1n) is 13.8. The standard InChI is InChI=1S/C32H40N4OS/c1-3-25-17-11-18-26(4-2)31(25)34-30(37)24-35-19-12-20-36(22-21-35)32(38)33-23-29(27-13-7-5-8-14-27)28-15-9-6-10-16-28/h5-11,13-18,29H,3-4,12,19-24H2,1-2H3,(H,33,38)(H,34,37). The summed E-state index contributed by atoms with van der Waals surface area (Å²) in [5.74, 6) is 0.282. The molecular formula is C32H40N4OS. The summed E-state index contributed by atoms with van der Waals surface area (Å²) in [4.78, 5) is 17.5. The molecule has 1 saturated heterocycles. The van der Waals surface area contributed by atoms with E-state index in [-0.39, 0.29) is 11.8 Å². The van der Waals surface area contributed by atoms with Gasteiger partial charge in [0.05, 0.1) is 6.54 Å². The van der Waals surface area contributed by atoms with Gasteiger partial charge in [0.1, 0.15) is 0 Å². The second-order valence-corrected chi connectivity index (χ2v) is 10.3. The van der Waals surface area contributed by atoms with Gasteiger partial charge in [0.25, 0.3) is 0 Å². The van der Waals surface area contributed by atoms with Crippen molar-refractivity contribution in [3.63, 3.8) is 0 Å². The van der Waals surface area contributed by atoms with Crippen LogP contribution in [0, 0.1) is 0 Å². The predicted molar refractivity (Wildman–Crippen MR) is 162 cm³/mol. The SMILES string of the molecule is CCc1cccc(CC)c1NC(=O)CN1CCCN(C(=S)NCC(c2ccccc2)c2ccccc2)CC1. The third-order valence-electron chi connectivity index (χ3n) is 7.37. The van der Waals surface area contributed by atoms with Crippen LogP contribution in [-0.2, 0) is 17.6 Å². The van der Waals surface area contributed by atoms with Crippen molar-refractivity contribution < 1.29 is 4.79 Å². The van der Waals surface area contributed by atoms with Crippen LogP contribution in [-0.4, -0.2) is 60.1 Å². The molecule has 5 nitrogen and oxygen atoms in total. The van der Waals surface area contributed by atoms with E-state index in [0.717, 1.165) is 62.8 Å². The van der Waals surface area contributed by atoms with Crippen molar-refractivity contribution in [2.75, 3.05) is 44.6 Å². The Hall–Kier alpha value is -3.22. The number of hydrogen-bond donors (Lipinski definition) is 2. The van der Waals surface area contributed by atoms with E-state index in [4.69, 9.17) is 12.2 Å². The zero-order valence-electron chi connectivity index (χ0n) is 22.7. The molecule has 0 aromatic heterocycles. The van der Waals surface area contributed by atoms with E-state index in [9.17, 15) is 4.79 Å². The zero-order chi connectivity index (χ0) is 26.7. The molecule has 6 heteroatoms. The number of carbonyl (C=O) groups is 1. The Morgan fingerprint density at radius 3 is 2.00 bits per heavy atom. The highest BCUT2D eigenvalue weighted by molar-refractivity contribution is 7.80. The van der Waals surface area contributed by atoms with Gasteiger partial charge in [0.15, 0.2) is 5.11 Å². The number of rotatable bonds is 9. The van der Waals surface area contributed by atoms with Crippen molar-refractivity contribution >= 4 is 28.9 Å². The number of hydrogen-bond acceptors (Lipinski definition) is 3. The minimum absolute atomic E-state index is 0.0586. The lowest BCUT2D eigenvalue weighted by Crippen LogP contribution is -2.43. The van der Waals surface area contributed by atoms with Gasteiger partial charge in [-0.3, -0.25) is 9.69 Å². The van der Waals surface area contributed by atoms with Gasteiger partial charge in [-0.15, -0.1) is 0 Å². The van der Waals surface area contributed by atoms with Crippen molar-refractivity contribution in [3.05, 3.63) is 101 Å². The first kappa shape index (κ1) is 27.8. The van der Waals surface area contributed by atoms with Crippen LogP contribution in [0.5, 0.6) is 0 Å². The number of nitrogens with one attached hydrogen (secondary N) is 2. The molecule has 200 valence electrons. The van der Waals surface area contributed by atoms with Gasteiger partial charge in [-0.2, -0.15) is 0 Å². The third kappa shape index (κ3) is 7.42. The van der Waals surface area contributed by atoms with Crippen LogP contribution in [0.25, 0.3) is 0 Å². The number of carbonyl (C=O) groups excluding carboxylic acids is 1. The monoisotopic (exact) mass is 528 g/mol. The summed E-state index contributed by atoms with van der Waals surface area (Å²) in [6, 6.07) is 27.5. The van der Waals surface area contributed by atoms with E-state index in [0.29, 0.717) is 6.54 Å². The fourth-order valence-corrected chi connectivity index (χ4v) is 5.48. The maximum atomic E-state index is 13.0. The minimum Gasteiger partial charge on any atom is -0.362 e. The molecule has 1 fully saturated rings. The number of thiocarbonyl (C=S) groups is 1. The van der Waals surface area contributed by atoms with Crippen LogP contribution in [0.15, 0.2) is 78.9 Å². The average Bonchev–Trinajstić information content (AvgIpc) is 3.20. The Morgan fingerprint density at radius 1 is 0.816 bits per heavy atom. The molecule has 0 saturated carbocycles. The van der Waals surface area contributed by atoms with E-state index >= 15 is 0 Å². The maximum Gasteiger partial charge on any atom is 0.238 e. The summed E-state index contributed by atoms with van der Waals surface area (Å²) in [5, 5.41) is 7.55. The topological polar surface area (TPSA) is 47.6 Å². The Balaban J connectivity index is 1.31. The highest BCUT2D eigenvalue weighted by atomic mass is 32.1. The van der Waals surface area contributed by atoms with Crippen LogP contribution in [0.1, 0.15) is 48.4 Å². The lowest BCUT2D eigenvalue weighted by molar-refractivity contribution is -0.117. The largest absolute Gasteiger partial charge is 0.362 e. The molecule has 0 atom stereocenters. The lowest BCUT2D eigenvalue weighted by atomic mass is 9.91. The molecule has 0 aliphatic carbocycles. The molecule has 0 spiro atoms. The molecule has 38 heavy (non-hydrogen) atoms. The number of aryl methyl sites for hydroxylation is 2. The normalized spacial score (nSPS) is 14.2. The fraction of sp³-hybridized carbons (Fsp3) is 0.375. The summed E-state index contributed by atoms with van der Waals surface area (Å²) in [6.07, 6.45) is 2.78. The van der Waals surface area contributed by atoms with E-state index in [1.54, 1.807) is 0 Å². The molecule has 4 rings (SSSR count). The second kappa shape index (κ2) is 14.1. The number of para-hydroxylation sites is 1. The van der Waals surface area contributed by atoms with Gasteiger partial charge in [0.2, 0.25) is 5.91 Å². The van der Waals surface area contributed by atoms with Crippen molar-refractivity contribution in [1.82, 2.24) is 15.1 Å². The Bertz CT molecular complexity index is 1120. The highest BCUT2D eigenvalue weighted by Gasteiger charge is 2.21. The first-order chi connectivity index (χ1) is 18.6. The van der Waals surface area contributed by atoms with E-state index < -0.39 is 0 Å². The zero-order valence-corrected chi connectivity index (χ0v) is 23.5. The van der Waals surface area contributed by atoms with Gasteiger partial charge < -0.3 is 15.5 Å². The summed E-state index contributed by atoms with van der Waals surface area (Å²) in [7, 11) is 0. The van der Waals surface area contributed by atoms with Gasteiger partial charge in [0, 0.05) is 44.3 Å². The average molecular weight is 529 g/mol. The fourth-order valence-electron chi connectivity index (χ4n) is 5.22. The molecule has 2 N–H and O–H groups in total. The summed E-state index contributed by atoms with van der Waals surface area (Å²) >= 11 is 5.84. The Morgan fingerprint density at radius 2 is 1.42 bits per heavy atom. The summed E-state index contributed by atoms with van der Waals surface area (Å²) < 4.78 is 0. The molecule has 1 aliphatic rings. The van der Waals surface area contributed by atoms with Gasteiger partial charge >= 0.3 is 0 Å². The lowest BCUT2D eigenvalue weighted by Gasteiger charge is -2.27. The summed E-state index contributed by atoms with van der Waals surface area (Å²) in [6.45, 7) is 8.81. The molecule has 3 aromatic carbocycles. The number of nitrogens with zero attached hydrogens (tertiary/aromatic N) is 2. The Labute approximate surface area is 233 Å². The molecule has 1 amide bonds. The molecular weight excluding hydrogens is 488 g/mol. The van der Waals surface area contributed by atoms with Crippen LogP contribution in [0.3, 0.4) is 0 Å². The summed E-state index contributed by atoms with van der Waals surface area (Å²) in [5.41, 5.74) is 5.94. The van der Waals surface area contributed by atoms with Crippen LogP contribution < -0.4 is 10.6 Å². The molecule has 0 radical (unpaired) electrons. The number of anilines is 1. The molecule has 1 heterocycles. The minimum atomic E-state index is 0.0586. The van der Waals surface area contributed by atoms with Gasteiger partial charge in [-0.1, -0.05) is 92.7 Å². The number of amides is 1. The second-order valence-electron chi connectivity index (χ2n) is 9.88. The van der Waals surface area contributed by atoms with Crippen molar-refractivity contribution in [3.8, 4) is 0 Å². The van der Waals surface area contributed by atoms with E-state index in [2.05, 4.69) is 113 Å². The van der Waals surface area contributed by atoms with Crippen LogP contribution in [0.2, 0.25) is 0 Å². The molecule has 1 aliphatic heterocycles. The van der Waals surface area contributed by atoms with Crippen LogP contribution >= 0.6 is 12.2 Å². The smallest absolute Gasteiger partial charge is 0.238 e. The van der Waals surface area contributed by atoms with Gasteiger partial charge in [-0.25, -0.2) is 0 Å². The molecule has 0 bridgehead atoms.